The van der Waals surface area contributed by atoms with Gasteiger partial charge >= 0.3 is 5.97 Å². The molecule has 0 amide bonds. The van der Waals surface area contributed by atoms with Crippen LogP contribution in [0.2, 0.25) is 0 Å². The predicted octanol–water partition coefficient (Wildman–Crippen LogP) is -1.25. The van der Waals surface area contributed by atoms with E-state index in [4.69, 9.17) is 0 Å². The lowest BCUT2D eigenvalue weighted by atomic mass is 10.7. The Labute approximate surface area is 53.4 Å². The highest BCUT2D eigenvalue weighted by Crippen LogP contribution is 1.70. The summed E-state index contributed by atoms with van der Waals surface area (Å²) in [7, 11) is -2.88. The van der Waals surface area contributed by atoms with Gasteiger partial charge in [-0.2, -0.15) is 0 Å². The Kier molecular flexibility index (Phi) is 3.65. The largest absolute Gasteiger partial charge is 0.352 e. The van der Waals surface area contributed by atoms with E-state index in [1.165, 1.54) is 4.89 Å². The summed E-state index contributed by atoms with van der Waals surface area (Å²) >= 11 is 0. The second-order valence-corrected chi connectivity index (χ2v) is 1.67. The lowest BCUT2D eigenvalue weighted by Gasteiger charge is -1.91. The standard InChI is InChI=1S/C3H5NO4S/c1-2-3(5)8-4-9(6)7/h2,9H,1H2,(H,4,6,7). The highest BCUT2D eigenvalue weighted by Gasteiger charge is 1.92. The Morgan fingerprint density at radius 3 is 2.56 bits per heavy atom. The van der Waals surface area contributed by atoms with Crippen LogP contribution in [-0.2, 0) is 20.5 Å². The molecule has 0 spiro atoms. The van der Waals surface area contributed by atoms with Gasteiger partial charge in [-0.05, 0) is 4.89 Å². The minimum atomic E-state index is -2.88. The molecule has 0 atom stereocenters. The first-order valence-electron chi connectivity index (χ1n) is 1.90. The minimum absolute atomic E-state index is 0.839. The van der Waals surface area contributed by atoms with Crippen molar-refractivity contribution in [3.8, 4) is 0 Å². The first-order valence-corrected chi connectivity index (χ1v) is 3.08. The molecule has 6 heteroatoms. The van der Waals surface area contributed by atoms with Gasteiger partial charge in [0.05, 0.1) is 0 Å². The molecule has 0 radical (unpaired) electrons. The van der Waals surface area contributed by atoms with Crippen LogP contribution in [0.25, 0.3) is 0 Å². The first-order chi connectivity index (χ1) is 4.16. The third kappa shape index (κ3) is 4.98. The SMILES string of the molecule is C=CC(=O)ON[SH](=O)=O. The van der Waals surface area contributed by atoms with Crippen LogP contribution in [0.5, 0.6) is 0 Å². The van der Waals surface area contributed by atoms with Crippen LogP contribution in [0.4, 0.5) is 0 Å². The Bertz CT molecular complexity index is 176. The second kappa shape index (κ2) is 4.04. The molecule has 0 aromatic heterocycles. The quantitative estimate of drug-likeness (QED) is 0.300. The molecule has 9 heavy (non-hydrogen) atoms. The van der Waals surface area contributed by atoms with Crippen molar-refractivity contribution in [1.29, 1.82) is 0 Å². The molecule has 5 nitrogen and oxygen atoms in total. The number of thiol groups is 1. The zero-order valence-corrected chi connectivity index (χ0v) is 5.26. The normalized spacial score (nSPS) is 9.00. The molecule has 0 aliphatic rings. The molecule has 0 unspecified atom stereocenters. The van der Waals surface area contributed by atoms with Gasteiger partial charge in [0.1, 0.15) is 0 Å². The summed E-state index contributed by atoms with van der Waals surface area (Å²) in [5.41, 5.74) is 0. The van der Waals surface area contributed by atoms with Gasteiger partial charge in [-0.3, -0.25) is 0 Å². The van der Waals surface area contributed by atoms with Crippen LogP contribution in [-0.4, -0.2) is 14.4 Å². The van der Waals surface area contributed by atoms with Gasteiger partial charge < -0.3 is 4.84 Å². The molecule has 1 N–H and O–H groups in total. The molecule has 0 fully saturated rings. The molecular formula is C3H5NO4S. The third-order valence-corrected chi connectivity index (χ3v) is 0.628. The molecule has 0 saturated heterocycles. The van der Waals surface area contributed by atoms with E-state index < -0.39 is 16.9 Å². The Hall–Kier alpha value is -0.880. The van der Waals surface area contributed by atoms with Crippen LogP contribution < -0.4 is 4.89 Å². The van der Waals surface area contributed by atoms with Gasteiger partial charge in [0.25, 0.3) is 0 Å². The van der Waals surface area contributed by atoms with Crippen LogP contribution >= 0.6 is 0 Å². The summed E-state index contributed by atoms with van der Waals surface area (Å²) in [6, 6.07) is 0. The van der Waals surface area contributed by atoms with Crippen molar-refractivity contribution in [2.24, 2.45) is 0 Å². The van der Waals surface area contributed by atoms with Crippen molar-refractivity contribution in [1.82, 2.24) is 4.89 Å². The average molecular weight is 151 g/mol. The van der Waals surface area contributed by atoms with Gasteiger partial charge in [0, 0.05) is 6.08 Å². The van der Waals surface area contributed by atoms with Gasteiger partial charge in [-0.25, -0.2) is 13.2 Å². The van der Waals surface area contributed by atoms with E-state index >= 15 is 0 Å². The van der Waals surface area contributed by atoms with E-state index in [2.05, 4.69) is 11.4 Å². The van der Waals surface area contributed by atoms with Crippen molar-refractivity contribution >= 4 is 16.9 Å². The van der Waals surface area contributed by atoms with Gasteiger partial charge in [-0.1, -0.05) is 6.58 Å². The predicted molar refractivity (Wildman–Crippen MR) is 29.7 cm³/mol. The van der Waals surface area contributed by atoms with E-state index in [-0.39, 0.29) is 0 Å². The van der Waals surface area contributed by atoms with Gasteiger partial charge in [0.15, 0.2) is 0 Å². The number of carbonyl (C=O) groups is 1. The van der Waals surface area contributed by atoms with Crippen LogP contribution in [0.1, 0.15) is 0 Å². The maximum Gasteiger partial charge on any atom is 0.349 e. The Morgan fingerprint density at radius 1 is 1.67 bits per heavy atom. The number of hydrogen-bond donors (Lipinski definition) is 2. The number of rotatable bonds is 3. The monoisotopic (exact) mass is 151 g/mol. The van der Waals surface area contributed by atoms with Crippen molar-refractivity contribution < 1.29 is 18.0 Å². The van der Waals surface area contributed by atoms with Crippen molar-refractivity contribution in [3.63, 3.8) is 0 Å². The van der Waals surface area contributed by atoms with E-state index in [1.54, 1.807) is 0 Å². The Balaban J connectivity index is 3.51. The van der Waals surface area contributed by atoms with Crippen molar-refractivity contribution in [3.05, 3.63) is 12.7 Å². The van der Waals surface area contributed by atoms with E-state index in [0.717, 1.165) is 6.08 Å². The number of nitrogens with one attached hydrogen (secondary N) is 1. The highest BCUT2D eigenvalue weighted by molar-refractivity contribution is 7.70. The van der Waals surface area contributed by atoms with E-state index in [9.17, 15) is 13.2 Å². The summed E-state index contributed by atoms with van der Waals surface area (Å²) in [6.07, 6.45) is 0.839. The zero-order valence-electron chi connectivity index (χ0n) is 4.36. The molecule has 0 aliphatic carbocycles. The van der Waals surface area contributed by atoms with Crippen molar-refractivity contribution in [2.75, 3.05) is 0 Å². The van der Waals surface area contributed by atoms with E-state index in [1.807, 2.05) is 0 Å². The number of carbonyl (C=O) groups excluding carboxylic acids is 1. The molecule has 0 rings (SSSR count). The summed E-state index contributed by atoms with van der Waals surface area (Å²) in [6.45, 7) is 3.03. The smallest absolute Gasteiger partial charge is 0.349 e. The fourth-order valence-electron chi connectivity index (χ4n) is 0.124. The first kappa shape index (κ1) is 8.12. The molecule has 0 bridgehead atoms. The molecule has 0 aromatic rings. The fourth-order valence-corrected chi connectivity index (χ4v) is 0.288. The van der Waals surface area contributed by atoms with E-state index in [0.29, 0.717) is 0 Å². The lowest BCUT2D eigenvalue weighted by Crippen LogP contribution is -2.15. The van der Waals surface area contributed by atoms with Crippen molar-refractivity contribution in [2.45, 2.75) is 0 Å². The highest BCUT2D eigenvalue weighted by atomic mass is 32.2. The van der Waals surface area contributed by atoms with Gasteiger partial charge in [0.2, 0.25) is 10.9 Å². The molecule has 52 valence electrons. The maximum atomic E-state index is 10.0. The summed E-state index contributed by atoms with van der Waals surface area (Å²) < 4.78 is 19.3. The van der Waals surface area contributed by atoms with Crippen LogP contribution in [0.15, 0.2) is 12.7 Å². The maximum absolute atomic E-state index is 10.0. The zero-order chi connectivity index (χ0) is 7.28. The molecule has 0 aromatic carbocycles. The minimum Gasteiger partial charge on any atom is -0.352 e. The average Bonchev–Trinajstić information content (AvgIpc) is 1.83. The van der Waals surface area contributed by atoms with Crippen LogP contribution in [0, 0.1) is 0 Å². The summed E-state index contributed by atoms with van der Waals surface area (Å²) in [4.78, 5) is 15.3. The molecule has 0 saturated carbocycles. The molecule has 0 heterocycles. The third-order valence-electron chi connectivity index (χ3n) is 0.387. The molecular weight excluding hydrogens is 146 g/mol. The Morgan fingerprint density at radius 2 is 2.22 bits per heavy atom. The van der Waals surface area contributed by atoms with Crippen LogP contribution in [0.3, 0.4) is 0 Å². The number of hydrogen-bond acceptors (Lipinski definition) is 4. The second-order valence-electron chi connectivity index (χ2n) is 0.974. The topological polar surface area (TPSA) is 72.5 Å². The van der Waals surface area contributed by atoms with Gasteiger partial charge in [-0.15, -0.1) is 0 Å². The molecule has 0 aliphatic heterocycles. The summed E-state index contributed by atoms with van der Waals surface area (Å²) in [5, 5.41) is 0. The fraction of sp³-hybridized carbons (Fsp3) is 0. The lowest BCUT2D eigenvalue weighted by molar-refractivity contribution is -0.140. The summed E-state index contributed by atoms with van der Waals surface area (Å²) in [5.74, 6) is -0.839.